The summed E-state index contributed by atoms with van der Waals surface area (Å²) < 4.78 is 0. The van der Waals surface area contributed by atoms with E-state index in [1.807, 2.05) is 24.9 Å². The molecule has 4 nitrogen and oxygen atoms in total. The van der Waals surface area contributed by atoms with E-state index in [-0.39, 0.29) is 0 Å². The first-order valence-corrected chi connectivity index (χ1v) is 7.52. The Balaban J connectivity index is 2.07. The molecule has 2 atom stereocenters. The van der Waals surface area contributed by atoms with Gasteiger partial charge < -0.3 is 16.0 Å². The number of hydrogen-bond donors (Lipinski definition) is 2. The van der Waals surface area contributed by atoms with Crippen molar-refractivity contribution in [2.75, 3.05) is 37.9 Å². The first kappa shape index (κ1) is 13.6. The van der Waals surface area contributed by atoms with Crippen LogP contribution in [0, 0.1) is 0 Å². The van der Waals surface area contributed by atoms with Crippen molar-refractivity contribution >= 4 is 17.6 Å². The van der Waals surface area contributed by atoms with E-state index in [1.54, 1.807) is 6.20 Å². The highest BCUT2D eigenvalue weighted by molar-refractivity contribution is 7.99. The summed E-state index contributed by atoms with van der Waals surface area (Å²) in [6.07, 6.45) is 2.68. The third-order valence-corrected chi connectivity index (χ3v) is 4.69. The summed E-state index contributed by atoms with van der Waals surface area (Å²) in [4.78, 5) is 6.61. The number of rotatable bonds is 4. The molecule has 1 aliphatic heterocycles. The molecule has 2 rings (SSSR count). The number of pyridine rings is 1. The number of anilines is 1. The zero-order valence-electron chi connectivity index (χ0n) is 11.1. The Morgan fingerprint density at radius 1 is 1.67 bits per heavy atom. The van der Waals surface area contributed by atoms with E-state index in [2.05, 4.69) is 28.3 Å². The smallest absolute Gasteiger partial charge is 0.126 e. The minimum absolute atomic E-state index is 0.425. The largest absolute Gasteiger partial charge is 0.383 e. The fourth-order valence-electron chi connectivity index (χ4n) is 2.42. The highest BCUT2D eigenvalue weighted by atomic mass is 32.2. The Hall–Kier alpha value is -0.780. The molecule has 2 heterocycles. The average Bonchev–Trinajstić information content (AvgIpc) is 2.39. The van der Waals surface area contributed by atoms with Crippen molar-refractivity contribution in [3.8, 4) is 0 Å². The van der Waals surface area contributed by atoms with E-state index < -0.39 is 0 Å². The summed E-state index contributed by atoms with van der Waals surface area (Å²) in [5.74, 6) is 3.07. The Morgan fingerprint density at radius 2 is 2.50 bits per heavy atom. The van der Waals surface area contributed by atoms with Crippen LogP contribution in [0.1, 0.15) is 5.56 Å². The molecule has 0 aliphatic carbocycles. The number of nitrogens with zero attached hydrogens (tertiary/aromatic N) is 2. The lowest BCUT2D eigenvalue weighted by molar-refractivity contribution is 0.219. The van der Waals surface area contributed by atoms with Gasteiger partial charge in [0.1, 0.15) is 5.82 Å². The second-order valence-corrected chi connectivity index (χ2v) is 5.92. The molecular formula is C13H22N4S. The molecule has 0 saturated carbocycles. The standard InChI is InChI=1S/C13H22N4S/c1-15-11(12-9-18-7-6-17(12)2)8-10-4-3-5-16-13(10)14/h3-5,11-12,15H,6-9H2,1-2H3,(H2,14,16). The molecule has 0 spiro atoms. The van der Waals surface area contributed by atoms with Gasteiger partial charge in [0, 0.05) is 36.3 Å². The van der Waals surface area contributed by atoms with Crippen molar-refractivity contribution in [1.82, 2.24) is 15.2 Å². The maximum Gasteiger partial charge on any atom is 0.126 e. The molecule has 3 N–H and O–H groups in total. The molecule has 1 aliphatic rings. The molecule has 0 amide bonds. The Bertz CT molecular complexity index is 385. The van der Waals surface area contributed by atoms with Crippen molar-refractivity contribution in [3.63, 3.8) is 0 Å². The van der Waals surface area contributed by atoms with E-state index in [1.165, 1.54) is 11.5 Å². The molecule has 5 heteroatoms. The molecule has 100 valence electrons. The monoisotopic (exact) mass is 266 g/mol. The Labute approximate surface area is 113 Å². The van der Waals surface area contributed by atoms with E-state index in [9.17, 15) is 0 Å². The van der Waals surface area contributed by atoms with Gasteiger partial charge in [0.25, 0.3) is 0 Å². The first-order chi connectivity index (χ1) is 8.72. The summed E-state index contributed by atoms with van der Waals surface area (Å²) in [7, 11) is 4.24. The topological polar surface area (TPSA) is 54.2 Å². The normalized spacial score (nSPS) is 22.9. The van der Waals surface area contributed by atoms with Crippen LogP contribution in [0.3, 0.4) is 0 Å². The van der Waals surface area contributed by atoms with Crippen molar-refractivity contribution in [2.24, 2.45) is 0 Å². The third-order valence-electron chi connectivity index (χ3n) is 3.64. The molecule has 0 aromatic carbocycles. The lowest BCUT2D eigenvalue weighted by Gasteiger charge is -2.37. The first-order valence-electron chi connectivity index (χ1n) is 6.37. The quantitative estimate of drug-likeness (QED) is 0.846. The Kier molecular flexibility index (Phi) is 4.86. The number of nitrogen functional groups attached to an aromatic ring is 1. The minimum atomic E-state index is 0.425. The zero-order chi connectivity index (χ0) is 13.0. The minimum Gasteiger partial charge on any atom is -0.383 e. The van der Waals surface area contributed by atoms with E-state index in [4.69, 9.17) is 5.73 Å². The second kappa shape index (κ2) is 6.41. The van der Waals surface area contributed by atoms with Gasteiger partial charge in [-0.15, -0.1) is 0 Å². The number of hydrogen-bond acceptors (Lipinski definition) is 5. The van der Waals surface area contributed by atoms with E-state index in [0.29, 0.717) is 17.9 Å². The van der Waals surface area contributed by atoms with Crippen molar-refractivity contribution in [3.05, 3.63) is 23.9 Å². The number of thioether (sulfide) groups is 1. The van der Waals surface area contributed by atoms with Gasteiger partial charge in [-0.3, -0.25) is 0 Å². The molecule has 1 fully saturated rings. The molecule has 1 aromatic heterocycles. The van der Waals surface area contributed by atoms with Crippen LogP contribution >= 0.6 is 11.8 Å². The van der Waals surface area contributed by atoms with Crippen molar-refractivity contribution in [2.45, 2.75) is 18.5 Å². The van der Waals surface area contributed by atoms with Gasteiger partial charge in [-0.05, 0) is 32.1 Å². The van der Waals surface area contributed by atoms with Gasteiger partial charge in [-0.2, -0.15) is 11.8 Å². The molecule has 1 saturated heterocycles. The van der Waals surface area contributed by atoms with Crippen LogP contribution in [-0.4, -0.2) is 54.1 Å². The number of nitrogens with two attached hydrogens (primary N) is 1. The summed E-state index contributed by atoms with van der Waals surface area (Å²) in [6.45, 7) is 1.16. The van der Waals surface area contributed by atoms with Crippen molar-refractivity contribution in [1.29, 1.82) is 0 Å². The van der Waals surface area contributed by atoms with Crippen LogP contribution in [-0.2, 0) is 6.42 Å². The van der Waals surface area contributed by atoms with E-state index >= 15 is 0 Å². The fourth-order valence-corrected chi connectivity index (χ4v) is 3.73. The maximum atomic E-state index is 5.93. The number of aromatic nitrogens is 1. The summed E-state index contributed by atoms with van der Waals surface area (Å²) in [6, 6.07) is 5.02. The summed E-state index contributed by atoms with van der Waals surface area (Å²) >= 11 is 2.04. The molecule has 0 bridgehead atoms. The zero-order valence-corrected chi connectivity index (χ0v) is 11.9. The van der Waals surface area contributed by atoms with Gasteiger partial charge >= 0.3 is 0 Å². The lowest BCUT2D eigenvalue weighted by Crippen LogP contribution is -2.52. The fraction of sp³-hybridized carbons (Fsp3) is 0.615. The highest BCUT2D eigenvalue weighted by Crippen LogP contribution is 2.20. The average molecular weight is 266 g/mol. The van der Waals surface area contributed by atoms with Crippen LogP contribution in [0.25, 0.3) is 0 Å². The maximum absolute atomic E-state index is 5.93. The number of likely N-dealkylation sites (N-methyl/N-ethyl adjacent to an activating group) is 2. The van der Waals surface area contributed by atoms with Crippen LogP contribution in [0.5, 0.6) is 0 Å². The van der Waals surface area contributed by atoms with Gasteiger partial charge in [-0.25, -0.2) is 4.98 Å². The van der Waals surface area contributed by atoms with Crippen LogP contribution < -0.4 is 11.1 Å². The molecular weight excluding hydrogens is 244 g/mol. The highest BCUT2D eigenvalue weighted by Gasteiger charge is 2.27. The van der Waals surface area contributed by atoms with Crippen LogP contribution in [0.2, 0.25) is 0 Å². The summed E-state index contributed by atoms with van der Waals surface area (Å²) in [5, 5.41) is 3.44. The van der Waals surface area contributed by atoms with Gasteiger partial charge in [0.15, 0.2) is 0 Å². The molecule has 2 unspecified atom stereocenters. The number of nitrogens with one attached hydrogen (secondary N) is 1. The van der Waals surface area contributed by atoms with Gasteiger partial charge in [0.2, 0.25) is 0 Å². The van der Waals surface area contributed by atoms with Crippen molar-refractivity contribution < 1.29 is 0 Å². The molecule has 1 aromatic rings. The SMILES string of the molecule is CNC(Cc1cccnc1N)C1CSCCN1C. The second-order valence-electron chi connectivity index (χ2n) is 4.77. The van der Waals surface area contributed by atoms with E-state index in [0.717, 1.165) is 18.5 Å². The molecule has 0 radical (unpaired) electrons. The van der Waals surface area contributed by atoms with Gasteiger partial charge in [-0.1, -0.05) is 6.07 Å². The lowest BCUT2D eigenvalue weighted by atomic mass is 10.00. The van der Waals surface area contributed by atoms with Crippen LogP contribution in [0.4, 0.5) is 5.82 Å². The Morgan fingerprint density at radius 3 is 3.17 bits per heavy atom. The van der Waals surface area contributed by atoms with Gasteiger partial charge in [0.05, 0.1) is 0 Å². The molecule has 18 heavy (non-hydrogen) atoms. The predicted molar refractivity (Wildman–Crippen MR) is 78.9 cm³/mol. The summed E-state index contributed by atoms with van der Waals surface area (Å²) in [5.41, 5.74) is 7.07. The van der Waals surface area contributed by atoms with Crippen LogP contribution in [0.15, 0.2) is 18.3 Å². The predicted octanol–water partition coefficient (Wildman–Crippen LogP) is 0.841. The third kappa shape index (κ3) is 3.16.